The molecule has 0 spiro atoms. The second-order valence-corrected chi connectivity index (χ2v) is 6.70. The lowest BCUT2D eigenvalue weighted by molar-refractivity contribution is 0.289. The topological polar surface area (TPSA) is 12.0 Å². The Hall–Kier alpha value is -0.890. The van der Waals surface area contributed by atoms with Gasteiger partial charge in [0.05, 0.1) is 0 Å². The molecule has 4 atom stereocenters. The molecule has 4 unspecified atom stereocenters. The highest BCUT2D eigenvalue weighted by Gasteiger charge is 2.40. The number of nitrogens with one attached hydrogen (secondary N) is 1. The van der Waals surface area contributed by atoms with Gasteiger partial charge in [-0.2, -0.15) is 0 Å². The smallest absolute Gasteiger partial charge is 0.126 e. The van der Waals surface area contributed by atoms with Crippen molar-refractivity contribution in [3.05, 3.63) is 35.6 Å². The number of hydrogen-bond acceptors (Lipinski definition) is 1. The van der Waals surface area contributed by atoms with Crippen LogP contribution in [0.4, 0.5) is 4.39 Å². The summed E-state index contributed by atoms with van der Waals surface area (Å²) in [5.74, 6) is 3.04. The number of likely N-dealkylation sites (N-methyl/N-ethyl adjacent to an activating group) is 1. The molecule has 1 nitrogen and oxygen atoms in total. The molecule has 110 valence electrons. The van der Waals surface area contributed by atoms with Crippen molar-refractivity contribution in [2.45, 2.75) is 44.9 Å². The Kier molecular flexibility index (Phi) is 4.40. The minimum Gasteiger partial charge on any atom is -0.316 e. The molecule has 0 aromatic heterocycles. The standard InChI is InChI=1S/C18H26FN/c1-2-20-12-16(17-5-3-4-6-18(17)19)11-15-10-13-7-8-14(15)9-13/h3-6,13-16,20H,2,7-12H2,1H3. The lowest BCUT2D eigenvalue weighted by Gasteiger charge is -2.27. The molecule has 20 heavy (non-hydrogen) atoms. The minimum atomic E-state index is -0.0291. The summed E-state index contributed by atoms with van der Waals surface area (Å²) in [5, 5.41) is 3.43. The molecule has 3 rings (SSSR count). The summed E-state index contributed by atoms with van der Waals surface area (Å²) in [6.45, 7) is 3.99. The molecule has 2 bridgehead atoms. The zero-order valence-corrected chi connectivity index (χ0v) is 12.4. The first-order valence-electron chi connectivity index (χ1n) is 8.23. The van der Waals surface area contributed by atoms with Crippen molar-refractivity contribution < 1.29 is 4.39 Å². The maximum absolute atomic E-state index is 14.1. The molecule has 1 N–H and O–H groups in total. The molecule has 2 heteroatoms. The van der Waals surface area contributed by atoms with E-state index in [0.717, 1.165) is 42.8 Å². The van der Waals surface area contributed by atoms with Gasteiger partial charge in [0.1, 0.15) is 5.82 Å². The fraction of sp³-hybridized carbons (Fsp3) is 0.667. The first-order valence-corrected chi connectivity index (χ1v) is 8.23. The summed E-state index contributed by atoms with van der Waals surface area (Å²) < 4.78 is 14.1. The van der Waals surface area contributed by atoms with Gasteiger partial charge >= 0.3 is 0 Å². The molecule has 2 fully saturated rings. The van der Waals surface area contributed by atoms with Gasteiger partial charge in [0, 0.05) is 6.54 Å². The SMILES string of the molecule is CCNCC(CC1CC2CCC1C2)c1ccccc1F. The number of halogens is 1. The molecule has 1 aromatic carbocycles. The van der Waals surface area contributed by atoms with E-state index < -0.39 is 0 Å². The van der Waals surface area contributed by atoms with Crippen molar-refractivity contribution in [1.29, 1.82) is 0 Å². The first-order chi connectivity index (χ1) is 9.78. The fourth-order valence-electron chi connectivity index (χ4n) is 4.48. The van der Waals surface area contributed by atoms with Crippen LogP contribution in [0.1, 0.15) is 50.5 Å². The maximum atomic E-state index is 14.1. The molecule has 0 aliphatic heterocycles. The molecule has 0 radical (unpaired) electrons. The van der Waals surface area contributed by atoms with E-state index in [4.69, 9.17) is 0 Å². The summed E-state index contributed by atoms with van der Waals surface area (Å²) in [4.78, 5) is 0. The average Bonchev–Trinajstić information content (AvgIpc) is 3.06. The van der Waals surface area contributed by atoms with E-state index >= 15 is 0 Å². The van der Waals surface area contributed by atoms with E-state index in [9.17, 15) is 4.39 Å². The van der Waals surface area contributed by atoms with Gasteiger partial charge in [-0.1, -0.05) is 31.5 Å². The molecule has 0 saturated heterocycles. The van der Waals surface area contributed by atoms with E-state index in [-0.39, 0.29) is 5.82 Å². The molecular weight excluding hydrogens is 249 g/mol. The van der Waals surface area contributed by atoms with Crippen molar-refractivity contribution >= 4 is 0 Å². The zero-order chi connectivity index (χ0) is 13.9. The third kappa shape index (κ3) is 2.90. The van der Waals surface area contributed by atoms with Crippen LogP contribution in [0.5, 0.6) is 0 Å². The minimum absolute atomic E-state index is 0.0291. The van der Waals surface area contributed by atoms with Crippen molar-refractivity contribution in [2.75, 3.05) is 13.1 Å². The summed E-state index contributed by atoms with van der Waals surface area (Å²) >= 11 is 0. The van der Waals surface area contributed by atoms with E-state index in [0.29, 0.717) is 5.92 Å². The van der Waals surface area contributed by atoms with E-state index in [1.165, 1.54) is 25.7 Å². The van der Waals surface area contributed by atoms with Gasteiger partial charge in [0.2, 0.25) is 0 Å². The Morgan fingerprint density at radius 1 is 1.25 bits per heavy atom. The third-order valence-electron chi connectivity index (χ3n) is 5.46. The highest BCUT2D eigenvalue weighted by atomic mass is 19.1. The number of hydrogen-bond donors (Lipinski definition) is 1. The van der Waals surface area contributed by atoms with Gasteiger partial charge in [0.15, 0.2) is 0 Å². The Morgan fingerprint density at radius 2 is 2.10 bits per heavy atom. The van der Waals surface area contributed by atoms with E-state index in [2.05, 4.69) is 12.2 Å². The molecule has 2 saturated carbocycles. The average molecular weight is 275 g/mol. The van der Waals surface area contributed by atoms with Crippen molar-refractivity contribution in [3.63, 3.8) is 0 Å². The molecule has 0 heterocycles. The van der Waals surface area contributed by atoms with E-state index in [1.807, 2.05) is 12.1 Å². The maximum Gasteiger partial charge on any atom is 0.126 e. The van der Waals surface area contributed by atoms with Crippen LogP contribution >= 0.6 is 0 Å². The molecular formula is C18H26FN. The fourth-order valence-corrected chi connectivity index (χ4v) is 4.48. The quantitative estimate of drug-likeness (QED) is 0.814. The van der Waals surface area contributed by atoms with Crippen molar-refractivity contribution in [2.24, 2.45) is 17.8 Å². The largest absolute Gasteiger partial charge is 0.316 e. The van der Waals surface area contributed by atoms with Gasteiger partial charge in [0.25, 0.3) is 0 Å². The summed E-state index contributed by atoms with van der Waals surface area (Å²) in [6, 6.07) is 7.35. The lowest BCUT2D eigenvalue weighted by Crippen LogP contribution is -2.25. The Labute approximate surface area is 122 Å². The van der Waals surface area contributed by atoms with Crippen LogP contribution in [0, 0.1) is 23.6 Å². The second-order valence-electron chi connectivity index (χ2n) is 6.70. The Morgan fingerprint density at radius 3 is 2.75 bits per heavy atom. The molecule has 2 aliphatic carbocycles. The van der Waals surface area contributed by atoms with Gasteiger partial charge in [-0.25, -0.2) is 4.39 Å². The number of fused-ring (bicyclic) bond motifs is 2. The molecule has 2 aliphatic rings. The lowest BCUT2D eigenvalue weighted by atomic mass is 9.80. The normalized spacial score (nSPS) is 29.8. The van der Waals surface area contributed by atoms with Crippen molar-refractivity contribution in [3.8, 4) is 0 Å². The van der Waals surface area contributed by atoms with Gasteiger partial charge in [-0.15, -0.1) is 0 Å². The van der Waals surface area contributed by atoms with Gasteiger partial charge < -0.3 is 5.32 Å². The number of benzene rings is 1. The zero-order valence-electron chi connectivity index (χ0n) is 12.4. The summed E-state index contributed by atoms with van der Waals surface area (Å²) in [5.41, 5.74) is 0.913. The van der Waals surface area contributed by atoms with Gasteiger partial charge in [-0.05, 0) is 67.5 Å². The van der Waals surface area contributed by atoms with Crippen LogP contribution in [0.2, 0.25) is 0 Å². The van der Waals surface area contributed by atoms with Gasteiger partial charge in [-0.3, -0.25) is 0 Å². The van der Waals surface area contributed by atoms with Crippen LogP contribution in [0.3, 0.4) is 0 Å². The van der Waals surface area contributed by atoms with Crippen molar-refractivity contribution in [1.82, 2.24) is 5.32 Å². The Bertz CT molecular complexity index is 445. The second kappa shape index (κ2) is 6.26. The Balaban J connectivity index is 1.71. The van der Waals surface area contributed by atoms with E-state index in [1.54, 1.807) is 12.1 Å². The first kappa shape index (κ1) is 14.1. The monoisotopic (exact) mass is 275 g/mol. The van der Waals surface area contributed by atoms with Crippen LogP contribution in [0.15, 0.2) is 24.3 Å². The van der Waals surface area contributed by atoms with Crippen LogP contribution in [0.25, 0.3) is 0 Å². The van der Waals surface area contributed by atoms with Crippen LogP contribution in [-0.2, 0) is 0 Å². The summed E-state index contributed by atoms with van der Waals surface area (Å²) in [6.07, 6.45) is 6.85. The highest BCUT2D eigenvalue weighted by Crippen LogP contribution is 2.51. The molecule has 1 aromatic rings. The van der Waals surface area contributed by atoms with Crippen LogP contribution < -0.4 is 5.32 Å². The predicted molar refractivity (Wildman–Crippen MR) is 81.2 cm³/mol. The predicted octanol–water partition coefficient (Wildman–Crippen LogP) is 4.35. The number of rotatable bonds is 6. The molecule has 0 amide bonds. The highest BCUT2D eigenvalue weighted by molar-refractivity contribution is 5.22. The third-order valence-corrected chi connectivity index (χ3v) is 5.46. The summed E-state index contributed by atoms with van der Waals surface area (Å²) in [7, 11) is 0. The van der Waals surface area contributed by atoms with Crippen LogP contribution in [-0.4, -0.2) is 13.1 Å².